The van der Waals surface area contributed by atoms with Gasteiger partial charge in [0, 0.05) is 37.9 Å². The van der Waals surface area contributed by atoms with Crippen LogP contribution in [0.5, 0.6) is 0 Å². The van der Waals surface area contributed by atoms with Gasteiger partial charge in [0.25, 0.3) is 5.91 Å². The Balaban J connectivity index is 1.80. The van der Waals surface area contributed by atoms with E-state index in [4.69, 9.17) is 9.47 Å². The molecule has 288 valence electrons. The fourth-order valence-corrected chi connectivity index (χ4v) is 7.51. The molecule has 0 saturated carbocycles. The Morgan fingerprint density at radius 3 is 2.27 bits per heavy atom. The van der Waals surface area contributed by atoms with Gasteiger partial charge in [-0.05, 0) is 68.8 Å². The minimum atomic E-state index is -0.857. The molecule has 3 rings (SSSR count). The summed E-state index contributed by atoms with van der Waals surface area (Å²) in [6.07, 6.45) is 2.70. The maximum atomic E-state index is 14.0. The van der Waals surface area contributed by atoms with Crippen LogP contribution in [0.1, 0.15) is 101 Å². The van der Waals surface area contributed by atoms with Gasteiger partial charge in [-0.2, -0.15) is 0 Å². The van der Waals surface area contributed by atoms with Crippen LogP contribution in [-0.4, -0.2) is 96.4 Å². The number of aromatic nitrogens is 1. The first-order chi connectivity index (χ1) is 24.5. The zero-order chi connectivity index (χ0) is 38.7. The van der Waals surface area contributed by atoms with Crippen molar-refractivity contribution in [2.45, 2.75) is 110 Å². The second-order valence-electron chi connectivity index (χ2n) is 14.5. The molecule has 0 radical (unpaired) electrons. The Bertz CT molecular complexity index is 1520. The molecule has 1 aromatic carbocycles. The van der Waals surface area contributed by atoms with Crippen molar-refractivity contribution in [3.8, 4) is 0 Å². The zero-order valence-corrected chi connectivity index (χ0v) is 32.8. The van der Waals surface area contributed by atoms with Gasteiger partial charge in [0.15, 0.2) is 6.10 Å². The number of methoxy groups -OCH3 is 1. The maximum absolute atomic E-state index is 14.0. The number of benzene rings is 1. The molecule has 3 amide bonds. The van der Waals surface area contributed by atoms with Crippen molar-refractivity contribution >= 4 is 41.0 Å². The third-order valence-corrected chi connectivity index (χ3v) is 10.6. The molecule has 52 heavy (non-hydrogen) atoms. The number of thiazole rings is 1. The summed E-state index contributed by atoms with van der Waals surface area (Å²) in [6, 6.07) is 3.99. The Labute approximate surface area is 311 Å². The van der Waals surface area contributed by atoms with Crippen LogP contribution >= 0.6 is 11.3 Å². The molecule has 12 nitrogen and oxygen atoms in total. The van der Waals surface area contributed by atoms with Gasteiger partial charge >= 0.3 is 11.9 Å². The quantitative estimate of drug-likeness (QED) is 0.215. The summed E-state index contributed by atoms with van der Waals surface area (Å²) < 4.78 is 24.2. The van der Waals surface area contributed by atoms with Crippen molar-refractivity contribution in [3.63, 3.8) is 0 Å². The lowest BCUT2D eigenvalue weighted by Gasteiger charge is -2.37. The van der Waals surface area contributed by atoms with Gasteiger partial charge in [0.2, 0.25) is 11.8 Å². The third kappa shape index (κ3) is 12.1. The van der Waals surface area contributed by atoms with Gasteiger partial charge < -0.3 is 25.0 Å². The van der Waals surface area contributed by atoms with E-state index in [1.54, 1.807) is 36.4 Å². The van der Waals surface area contributed by atoms with Crippen LogP contribution in [0.4, 0.5) is 4.39 Å². The van der Waals surface area contributed by atoms with Crippen LogP contribution < -0.4 is 10.6 Å². The second-order valence-corrected chi connectivity index (χ2v) is 15.4. The summed E-state index contributed by atoms with van der Waals surface area (Å²) in [7, 11) is 4.93. The number of amides is 3. The monoisotopic (exact) mass is 745 g/mol. The van der Waals surface area contributed by atoms with Crippen LogP contribution in [0.15, 0.2) is 29.6 Å². The van der Waals surface area contributed by atoms with Crippen LogP contribution in [-0.2, 0) is 35.1 Å². The predicted molar refractivity (Wildman–Crippen MR) is 197 cm³/mol. The van der Waals surface area contributed by atoms with E-state index < -0.39 is 48.0 Å². The molecule has 1 saturated heterocycles. The van der Waals surface area contributed by atoms with Crippen molar-refractivity contribution in [3.05, 3.63) is 51.7 Å². The van der Waals surface area contributed by atoms with E-state index in [0.29, 0.717) is 11.4 Å². The maximum Gasteiger partial charge on any atom is 0.308 e. The molecule has 6 atom stereocenters. The van der Waals surface area contributed by atoms with Crippen molar-refractivity contribution in [2.75, 3.05) is 27.7 Å². The molecule has 1 aromatic heterocycles. The Morgan fingerprint density at radius 1 is 1.02 bits per heavy atom. The van der Waals surface area contributed by atoms with E-state index >= 15 is 0 Å². The molecule has 2 N–H and O–H groups in total. The van der Waals surface area contributed by atoms with Gasteiger partial charge in [-0.25, -0.2) is 9.37 Å². The summed E-state index contributed by atoms with van der Waals surface area (Å²) >= 11 is 1.16. The lowest BCUT2D eigenvalue weighted by molar-refractivity contribution is -0.149. The summed E-state index contributed by atoms with van der Waals surface area (Å²) in [5.74, 6) is -2.97. The molecule has 1 aliphatic rings. The van der Waals surface area contributed by atoms with E-state index in [-0.39, 0.29) is 54.0 Å². The number of ether oxygens (including phenoxy) is 2. The van der Waals surface area contributed by atoms with Gasteiger partial charge in [-0.1, -0.05) is 53.2 Å². The van der Waals surface area contributed by atoms with Gasteiger partial charge in [-0.15, -0.1) is 11.3 Å². The van der Waals surface area contributed by atoms with Crippen LogP contribution in [0.3, 0.4) is 0 Å². The first-order valence-electron chi connectivity index (χ1n) is 18.0. The molecule has 1 fully saturated rings. The molecule has 1 aliphatic heterocycles. The number of carbonyl (C=O) groups excluding carboxylic acids is 5. The molecular formula is C38H56FN5O7S. The normalized spacial score (nSPS) is 17.8. The molecule has 14 heteroatoms. The summed E-state index contributed by atoms with van der Waals surface area (Å²) in [5, 5.41) is 7.95. The number of halogens is 1. The van der Waals surface area contributed by atoms with Gasteiger partial charge in [-0.3, -0.25) is 28.9 Å². The molecule has 2 heterocycles. The number of rotatable bonds is 17. The number of piperidine rings is 1. The SMILES string of the molecule is COC(=O)[C@@H](C)CC(Cc1ccc(F)cc1)NC(=O)c1csc([C@@H](CC(C(C)C)N(C)C(=O)[C@@H](NC(=O)[C@H]2CCCCN2C)C(C)C)OC(C)=O)n1. The van der Waals surface area contributed by atoms with Crippen LogP contribution in [0.2, 0.25) is 0 Å². The number of carbonyl (C=O) groups is 5. The predicted octanol–water partition coefficient (Wildman–Crippen LogP) is 4.92. The van der Waals surface area contributed by atoms with Crippen molar-refractivity contribution in [1.82, 2.24) is 25.4 Å². The smallest absolute Gasteiger partial charge is 0.308 e. The topological polar surface area (TPSA) is 147 Å². The molecule has 0 aliphatic carbocycles. The highest BCUT2D eigenvalue weighted by atomic mass is 32.1. The Hall–Kier alpha value is -3.91. The van der Waals surface area contributed by atoms with Crippen molar-refractivity contribution in [1.29, 1.82) is 0 Å². The van der Waals surface area contributed by atoms with E-state index in [9.17, 15) is 28.4 Å². The largest absolute Gasteiger partial charge is 0.469 e. The average Bonchev–Trinajstić information content (AvgIpc) is 3.59. The first-order valence-corrected chi connectivity index (χ1v) is 18.9. The standard InChI is InChI=1S/C38H56FN5O7S/c1-22(2)31(44(8)37(48)33(23(3)4)42-35(47)30-12-10-11-17-43(30)7)20-32(51-25(6)45)36-41-29(21-52-36)34(46)40-28(18-24(5)38(49)50-9)19-26-13-15-27(39)16-14-26/h13-16,21-24,28,30-33H,10-12,17-20H2,1-9H3,(H,40,46)(H,42,47)/t24-,28?,30+,31?,32+,33-/m0/s1. The molecule has 2 unspecified atom stereocenters. The zero-order valence-electron chi connectivity index (χ0n) is 31.9. The van der Waals surface area contributed by atoms with E-state index in [1.165, 1.54) is 26.2 Å². The highest BCUT2D eigenvalue weighted by molar-refractivity contribution is 7.09. The number of likely N-dealkylation sites (N-methyl/N-ethyl adjacent to an activating group) is 2. The lowest BCUT2D eigenvalue weighted by Crippen LogP contribution is -2.57. The van der Waals surface area contributed by atoms with E-state index in [2.05, 4.69) is 15.6 Å². The summed E-state index contributed by atoms with van der Waals surface area (Å²) in [5.41, 5.74) is 0.879. The number of nitrogens with one attached hydrogen (secondary N) is 2. The summed E-state index contributed by atoms with van der Waals surface area (Å²) in [4.78, 5) is 73.6. The van der Waals surface area contributed by atoms with Crippen molar-refractivity contribution < 1.29 is 37.8 Å². The second kappa shape index (κ2) is 19.8. The lowest BCUT2D eigenvalue weighted by atomic mass is 9.94. The minimum absolute atomic E-state index is 0.0632. The number of esters is 2. The number of hydrogen-bond acceptors (Lipinski definition) is 10. The summed E-state index contributed by atoms with van der Waals surface area (Å²) in [6.45, 7) is 11.6. The van der Waals surface area contributed by atoms with Gasteiger partial charge in [0.1, 0.15) is 22.6 Å². The fraction of sp³-hybridized carbons (Fsp3) is 0.632. The number of hydrogen-bond donors (Lipinski definition) is 2. The van der Waals surface area contributed by atoms with Crippen LogP contribution in [0, 0.1) is 23.6 Å². The van der Waals surface area contributed by atoms with Crippen LogP contribution in [0.25, 0.3) is 0 Å². The fourth-order valence-electron chi connectivity index (χ4n) is 6.67. The minimum Gasteiger partial charge on any atom is -0.469 e. The highest BCUT2D eigenvalue weighted by Crippen LogP contribution is 2.31. The first kappa shape index (κ1) is 42.5. The van der Waals surface area contributed by atoms with Crippen molar-refractivity contribution in [2.24, 2.45) is 17.8 Å². The molecule has 2 aromatic rings. The highest BCUT2D eigenvalue weighted by Gasteiger charge is 2.37. The Morgan fingerprint density at radius 2 is 1.69 bits per heavy atom. The third-order valence-electron chi connectivity index (χ3n) is 9.68. The molecule has 0 spiro atoms. The molecular weight excluding hydrogens is 690 g/mol. The number of likely N-dealkylation sites (tertiary alicyclic amines) is 1. The average molecular weight is 746 g/mol. The number of nitrogens with zero attached hydrogens (tertiary/aromatic N) is 3. The van der Waals surface area contributed by atoms with E-state index in [1.807, 2.05) is 39.6 Å². The van der Waals surface area contributed by atoms with E-state index in [0.717, 1.165) is 42.7 Å². The molecule has 0 bridgehead atoms. The van der Waals surface area contributed by atoms with Gasteiger partial charge in [0.05, 0.1) is 19.1 Å². The Kier molecular flexibility index (Phi) is 16.2.